The average Bonchev–Trinajstić information content (AvgIpc) is 3.79. The summed E-state index contributed by atoms with van der Waals surface area (Å²) in [6, 6.07) is 0. The number of ether oxygens (including phenoxy) is 2. The summed E-state index contributed by atoms with van der Waals surface area (Å²) < 4.78 is 23.3. The van der Waals surface area contributed by atoms with E-state index in [9.17, 15) is 31.8 Å². The van der Waals surface area contributed by atoms with Crippen LogP contribution in [0.15, 0.2) is 24.3 Å². The molecule has 0 aromatic heterocycles. The van der Waals surface area contributed by atoms with Crippen molar-refractivity contribution < 1.29 is 65.0 Å². The van der Waals surface area contributed by atoms with Crippen LogP contribution in [0.3, 0.4) is 0 Å². The number of hydrogen-bond donors (Lipinski definition) is 1. The summed E-state index contributed by atoms with van der Waals surface area (Å²) in [5.41, 5.74) is 0. The first kappa shape index (κ1) is 68.1. The van der Waals surface area contributed by atoms with E-state index in [-0.39, 0.29) is 31.6 Å². The zero-order valence-electron chi connectivity index (χ0n) is 42.4. The number of carbonyl (C=O) groups excluding carboxylic acids is 6. The van der Waals surface area contributed by atoms with Crippen LogP contribution in [0.4, 0.5) is 0 Å². The molecule has 0 bridgehead atoms. The molecular formula is C52H94N2O10SnV. The molecule has 1 radical (unpaired) electrons. The fourth-order valence-corrected chi connectivity index (χ4v) is 11.8. The van der Waals surface area contributed by atoms with Crippen molar-refractivity contribution in [1.29, 1.82) is 0 Å². The van der Waals surface area contributed by atoms with Crippen LogP contribution in [0.1, 0.15) is 227 Å². The van der Waals surface area contributed by atoms with Crippen LogP contribution in [-0.2, 0) is 59.9 Å². The van der Waals surface area contributed by atoms with Gasteiger partial charge < -0.3 is 14.6 Å². The standard InChI is InChI=1S/C20H33NO4.C14H30O.C10H13NO4.2C4H9.O.Sn.V/c1-2-3-4-5-6-7-8-9-10-11-12-13-16-25-20(24)17-21-18(22)14-15-19(21)23;1-2-3-4-5-6-7-8-9-10-11-12-13-14-15;1-2-3-6-15-10(14)7-11-8(12)4-5-9(11)13;2*1-3-4-2;;;/h14-15H,2-13,16-17H2,1H3;15H,2-14H2,1H3;4-5H,2-3,6-7H2,1H3;2*1,3-4H2,2H3;;;. The van der Waals surface area contributed by atoms with E-state index in [1.807, 2.05) is 6.92 Å². The van der Waals surface area contributed by atoms with Crippen molar-refractivity contribution in [3.05, 3.63) is 24.3 Å². The molecule has 4 amide bonds. The molecular weight excluding hydrogens is 982 g/mol. The second-order valence-electron chi connectivity index (χ2n) is 17.2. The molecule has 0 saturated heterocycles. The molecule has 2 heterocycles. The summed E-state index contributed by atoms with van der Waals surface area (Å²) in [5, 5.41) is 8.61. The summed E-state index contributed by atoms with van der Waals surface area (Å²) in [6.45, 7) is 11.3. The number of aliphatic hydroxyl groups is 1. The summed E-state index contributed by atoms with van der Waals surface area (Å²) >= 11 is -1.99. The van der Waals surface area contributed by atoms with Gasteiger partial charge >= 0.3 is 83.2 Å². The Hall–Kier alpha value is -2.16. The molecule has 14 heteroatoms. The van der Waals surface area contributed by atoms with E-state index in [1.165, 1.54) is 173 Å². The van der Waals surface area contributed by atoms with Crippen molar-refractivity contribution in [2.24, 2.45) is 0 Å². The molecule has 2 rings (SSSR count). The Labute approximate surface area is 421 Å². The van der Waals surface area contributed by atoms with Gasteiger partial charge in [0.05, 0.1) is 13.2 Å². The smallest absolute Gasteiger partial charge is 0 e. The van der Waals surface area contributed by atoms with Crippen LogP contribution in [-0.4, -0.2) is 103 Å². The number of esters is 2. The maximum Gasteiger partial charge on any atom is 0 e. The number of imide groups is 2. The minimum Gasteiger partial charge on any atom is 0 e. The molecule has 0 spiro atoms. The number of rotatable bonds is 38. The second kappa shape index (κ2) is 52.2. The van der Waals surface area contributed by atoms with Gasteiger partial charge in [0.25, 0.3) is 23.6 Å². The Morgan fingerprint density at radius 2 is 0.682 bits per heavy atom. The number of carbonyl (C=O) groups is 6. The van der Waals surface area contributed by atoms with Crippen LogP contribution < -0.4 is 0 Å². The Balaban J connectivity index is -0.000000844. The van der Waals surface area contributed by atoms with Gasteiger partial charge in [0.2, 0.25) is 0 Å². The summed E-state index contributed by atoms with van der Waals surface area (Å²) in [5.74, 6) is -2.90. The molecule has 1 N–H and O–H groups in total. The van der Waals surface area contributed by atoms with Gasteiger partial charge in [0.1, 0.15) is 13.1 Å². The normalized spacial score (nSPS) is 12.5. The van der Waals surface area contributed by atoms with Gasteiger partial charge in [-0.25, -0.2) is 0 Å². The fourth-order valence-electron chi connectivity index (χ4n) is 6.81. The molecule has 12 nitrogen and oxygen atoms in total. The van der Waals surface area contributed by atoms with E-state index in [4.69, 9.17) is 14.6 Å². The molecule has 2 aliphatic heterocycles. The Kier molecular flexibility index (Phi) is 53.9. The molecule has 0 aromatic carbocycles. The summed E-state index contributed by atoms with van der Waals surface area (Å²) in [4.78, 5) is 69.3. The first-order valence-electron chi connectivity index (χ1n) is 26.0. The van der Waals surface area contributed by atoms with Crippen LogP contribution in [0.25, 0.3) is 0 Å². The molecule has 0 aromatic rings. The first-order chi connectivity index (χ1) is 31.5. The van der Waals surface area contributed by atoms with Crippen LogP contribution in [0.5, 0.6) is 0 Å². The minimum atomic E-state index is -1.99. The molecule has 0 aliphatic carbocycles. The maximum atomic E-state index is 11.6. The van der Waals surface area contributed by atoms with E-state index >= 15 is 0 Å². The molecule has 381 valence electrons. The molecule has 0 saturated carbocycles. The predicted octanol–water partition coefficient (Wildman–Crippen LogP) is 12.1. The zero-order chi connectivity index (χ0) is 48.6. The number of amides is 4. The second-order valence-corrected chi connectivity index (χ2v) is 23.2. The van der Waals surface area contributed by atoms with E-state index in [0.29, 0.717) is 19.8 Å². The maximum absolute atomic E-state index is 11.6. The van der Waals surface area contributed by atoms with Gasteiger partial charge in [-0.1, -0.05) is 168 Å². The van der Waals surface area contributed by atoms with Gasteiger partial charge in [-0.3, -0.25) is 38.6 Å². The van der Waals surface area contributed by atoms with Crippen molar-refractivity contribution in [1.82, 2.24) is 9.80 Å². The summed E-state index contributed by atoms with van der Waals surface area (Å²) in [7, 11) is 0. The van der Waals surface area contributed by atoms with Crippen molar-refractivity contribution in [2.45, 2.75) is 236 Å². The number of hydrogen-bond acceptors (Lipinski definition) is 10. The Bertz CT molecular complexity index is 1250. The van der Waals surface area contributed by atoms with Crippen molar-refractivity contribution in [2.75, 3.05) is 32.9 Å². The van der Waals surface area contributed by atoms with Crippen LogP contribution in [0.2, 0.25) is 8.87 Å². The van der Waals surface area contributed by atoms with Gasteiger partial charge in [0.15, 0.2) is 0 Å². The zero-order valence-corrected chi connectivity index (χ0v) is 46.7. The minimum absolute atomic E-state index is 0. The number of aliphatic hydroxyl groups excluding tert-OH is 1. The van der Waals surface area contributed by atoms with Gasteiger partial charge in [-0.05, 0) is 19.3 Å². The SMILES string of the molecule is CCCCCCCCCCCCCCO.CCCCCCCCCCCCCCOC(=O)CN1C(=O)C=CC1=O.CCCCOC(=O)CN1C(=O)C=CC1=O.CCC[CH2][Sn](=[O])[CH2]CCC.[V]. The molecule has 0 unspecified atom stereocenters. The first-order valence-corrected chi connectivity index (χ1v) is 31.2. The summed E-state index contributed by atoms with van der Waals surface area (Å²) in [6.07, 6.45) is 42.4. The molecule has 0 atom stereocenters. The van der Waals surface area contributed by atoms with E-state index in [2.05, 4.69) is 27.7 Å². The Morgan fingerprint density at radius 3 is 0.970 bits per heavy atom. The van der Waals surface area contributed by atoms with E-state index in [0.717, 1.165) is 62.9 Å². The quantitative estimate of drug-likeness (QED) is 0.0272. The third kappa shape index (κ3) is 44.4. The monoisotopic (exact) mass is 1080 g/mol. The molecule has 66 heavy (non-hydrogen) atoms. The number of unbranched alkanes of at least 4 members (excludes halogenated alkanes) is 25. The van der Waals surface area contributed by atoms with Crippen molar-refractivity contribution in [3.63, 3.8) is 0 Å². The van der Waals surface area contributed by atoms with Crippen LogP contribution in [0, 0.1) is 0 Å². The van der Waals surface area contributed by atoms with Crippen molar-refractivity contribution >= 4 is 55.3 Å². The van der Waals surface area contributed by atoms with E-state index < -0.39 is 55.3 Å². The average molecular weight is 1080 g/mol. The van der Waals surface area contributed by atoms with Gasteiger partial charge in [-0.2, -0.15) is 0 Å². The van der Waals surface area contributed by atoms with E-state index in [1.54, 1.807) is 0 Å². The largest absolute Gasteiger partial charge is 0 e. The molecule has 2 aliphatic rings. The Morgan fingerprint density at radius 1 is 0.424 bits per heavy atom. The molecule has 0 fully saturated rings. The predicted molar refractivity (Wildman–Crippen MR) is 264 cm³/mol. The van der Waals surface area contributed by atoms with Gasteiger partial charge in [-0.15, -0.1) is 0 Å². The van der Waals surface area contributed by atoms with Crippen LogP contribution >= 0.6 is 0 Å². The fraction of sp³-hybridized carbons (Fsp3) is 0.808. The number of nitrogens with zero attached hydrogens (tertiary/aromatic N) is 2. The topological polar surface area (TPSA) is 165 Å². The third-order valence-electron chi connectivity index (χ3n) is 11.0. The van der Waals surface area contributed by atoms with Gasteiger partial charge in [0, 0.05) is 49.5 Å². The third-order valence-corrected chi connectivity index (χ3v) is 16.2. The van der Waals surface area contributed by atoms with Crippen molar-refractivity contribution in [3.8, 4) is 0 Å².